The van der Waals surface area contributed by atoms with Gasteiger partial charge < -0.3 is 15.5 Å². The highest BCUT2D eigenvalue weighted by Gasteiger charge is 2.61. The molecule has 190 valence electrons. The van der Waals surface area contributed by atoms with E-state index in [4.69, 9.17) is 4.84 Å². The lowest BCUT2D eigenvalue weighted by atomic mass is 9.75. The van der Waals surface area contributed by atoms with Crippen molar-refractivity contribution >= 4 is 23.7 Å². The van der Waals surface area contributed by atoms with Crippen LogP contribution in [0.2, 0.25) is 0 Å². The molecular formula is C26H41N3O5. The Morgan fingerprint density at radius 1 is 0.824 bits per heavy atom. The molecule has 4 aliphatic rings. The standard InChI is InChI=1S/C26H41N3O5/c1-25(2,23(32)27-18-12-6-3-7-13-18)20-21(30)29(34-22(20)31)26(16-10-5-11-17-26)24(33)28-19-14-8-4-9-15-19/h18-20H,3-17H2,1-2H3,(H,27,32)(H,28,33). The van der Waals surface area contributed by atoms with Crippen LogP contribution in [0.1, 0.15) is 110 Å². The molecule has 3 amide bonds. The highest BCUT2D eigenvalue weighted by molar-refractivity contribution is 6.08. The summed E-state index contributed by atoms with van der Waals surface area (Å²) in [6, 6.07) is 0.178. The van der Waals surface area contributed by atoms with E-state index in [0.717, 1.165) is 75.7 Å². The highest BCUT2D eigenvalue weighted by Crippen LogP contribution is 2.42. The van der Waals surface area contributed by atoms with E-state index in [-0.39, 0.29) is 23.9 Å². The van der Waals surface area contributed by atoms with E-state index in [1.54, 1.807) is 13.8 Å². The lowest BCUT2D eigenvalue weighted by molar-refractivity contribution is -0.208. The third-order valence-electron chi connectivity index (χ3n) is 8.54. The summed E-state index contributed by atoms with van der Waals surface area (Å²) >= 11 is 0. The predicted octanol–water partition coefficient (Wildman–Crippen LogP) is 3.53. The van der Waals surface area contributed by atoms with Gasteiger partial charge in [0.15, 0.2) is 11.5 Å². The molecule has 0 radical (unpaired) electrons. The van der Waals surface area contributed by atoms with E-state index in [1.807, 2.05) is 0 Å². The maximum absolute atomic E-state index is 13.7. The second-order valence-electron chi connectivity index (χ2n) is 11.4. The van der Waals surface area contributed by atoms with E-state index in [9.17, 15) is 19.2 Å². The number of hydrogen-bond donors (Lipinski definition) is 2. The first-order chi connectivity index (χ1) is 16.3. The van der Waals surface area contributed by atoms with Crippen LogP contribution in [0.5, 0.6) is 0 Å². The number of carbonyl (C=O) groups is 4. The van der Waals surface area contributed by atoms with E-state index >= 15 is 0 Å². The molecule has 8 nitrogen and oxygen atoms in total. The van der Waals surface area contributed by atoms with Gasteiger partial charge in [-0.2, -0.15) is 5.06 Å². The minimum absolute atomic E-state index is 0.0788. The van der Waals surface area contributed by atoms with Crippen molar-refractivity contribution in [2.24, 2.45) is 11.3 Å². The molecule has 1 atom stereocenters. The number of amides is 3. The molecule has 1 unspecified atom stereocenters. The Kier molecular flexibility index (Phi) is 7.53. The second-order valence-corrected chi connectivity index (χ2v) is 11.4. The highest BCUT2D eigenvalue weighted by atomic mass is 16.7. The van der Waals surface area contributed by atoms with Crippen molar-refractivity contribution < 1.29 is 24.0 Å². The van der Waals surface area contributed by atoms with Gasteiger partial charge in [0.2, 0.25) is 11.8 Å². The number of hydrogen-bond acceptors (Lipinski definition) is 5. The molecule has 8 heteroatoms. The number of nitrogens with zero attached hydrogens (tertiary/aromatic N) is 1. The first-order valence-electron chi connectivity index (χ1n) is 13.4. The molecule has 4 fully saturated rings. The van der Waals surface area contributed by atoms with E-state index in [2.05, 4.69) is 10.6 Å². The van der Waals surface area contributed by atoms with Gasteiger partial charge in [0.25, 0.3) is 5.91 Å². The molecule has 0 aromatic heterocycles. The van der Waals surface area contributed by atoms with Gasteiger partial charge in [0.05, 0.1) is 5.41 Å². The smallest absolute Gasteiger partial charge is 0.346 e. The molecule has 1 heterocycles. The molecular weight excluding hydrogens is 434 g/mol. The van der Waals surface area contributed by atoms with Crippen LogP contribution in [0, 0.1) is 11.3 Å². The molecule has 2 N–H and O–H groups in total. The SMILES string of the molecule is CC(C)(C(=O)NC1CCCCC1)C1C(=O)ON(C2(C(=O)NC3CCCCC3)CCCCC2)C1=O. The lowest BCUT2D eigenvalue weighted by Crippen LogP contribution is -2.62. The molecule has 3 aliphatic carbocycles. The van der Waals surface area contributed by atoms with Crippen LogP contribution in [-0.2, 0) is 24.0 Å². The summed E-state index contributed by atoms with van der Waals surface area (Å²) in [6.07, 6.45) is 13.9. The fourth-order valence-electron chi connectivity index (χ4n) is 6.28. The van der Waals surface area contributed by atoms with Crippen molar-refractivity contribution in [3.8, 4) is 0 Å². The summed E-state index contributed by atoms with van der Waals surface area (Å²) in [5.41, 5.74) is -2.46. The van der Waals surface area contributed by atoms with Crippen LogP contribution in [0.4, 0.5) is 0 Å². The predicted molar refractivity (Wildman–Crippen MR) is 126 cm³/mol. The fourth-order valence-corrected chi connectivity index (χ4v) is 6.28. The van der Waals surface area contributed by atoms with Gasteiger partial charge >= 0.3 is 5.97 Å². The fraction of sp³-hybridized carbons (Fsp3) is 0.846. The van der Waals surface area contributed by atoms with Gasteiger partial charge in [-0.1, -0.05) is 57.8 Å². The van der Waals surface area contributed by atoms with E-state index in [1.165, 1.54) is 12.8 Å². The topological polar surface area (TPSA) is 105 Å². The van der Waals surface area contributed by atoms with Gasteiger partial charge in [0, 0.05) is 12.1 Å². The Morgan fingerprint density at radius 3 is 1.88 bits per heavy atom. The molecule has 34 heavy (non-hydrogen) atoms. The quantitative estimate of drug-likeness (QED) is 0.572. The summed E-state index contributed by atoms with van der Waals surface area (Å²) in [4.78, 5) is 59.1. The minimum atomic E-state index is -1.27. The molecule has 0 spiro atoms. The monoisotopic (exact) mass is 475 g/mol. The molecule has 0 aromatic rings. The first-order valence-corrected chi connectivity index (χ1v) is 13.4. The van der Waals surface area contributed by atoms with Crippen molar-refractivity contribution in [2.45, 2.75) is 128 Å². The Bertz CT molecular complexity index is 792. The van der Waals surface area contributed by atoms with Crippen molar-refractivity contribution in [1.82, 2.24) is 15.7 Å². The molecule has 1 aliphatic heterocycles. The normalized spacial score (nSPS) is 26.8. The summed E-state index contributed by atoms with van der Waals surface area (Å²) in [7, 11) is 0. The number of hydroxylamine groups is 2. The van der Waals surface area contributed by atoms with Crippen LogP contribution in [0.3, 0.4) is 0 Å². The van der Waals surface area contributed by atoms with Crippen LogP contribution < -0.4 is 10.6 Å². The van der Waals surface area contributed by atoms with Crippen molar-refractivity contribution in [2.75, 3.05) is 0 Å². The van der Waals surface area contributed by atoms with Gasteiger partial charge in [0.1, 0.15) is 0 Å². The van der Waals surface area contributed by atoms with Crippen molar-refractivity contribution in [3.63, 3.8) is 0 Å². The molecule has 0 bridgehead atoms. The van der Waals surface area contributed by atoms with E-state index in [0.29, 0.717) is 12.8 Å². The molecule has 3 saturated carbocycles. The number of nitrogens with one attached hydrogen (secondary N) is 2. The Morgan fingerprint density at radius 2 is 1.32 bits per heavy atom. The summed E-state index contributed by atoms with van der Waals surface area (Å²) < 4.78 is 0. The third-order valence-corrected chi connectivity index (χ3v) is 8.54. The van der Waals surface area contributed by atoms with Crippen LogP contribution >= 0.6 is 0 Å². The second kappa shape index (κ2) is 10.2. The van der Waals surface area contributed by atoms with Crippen LogP contribution in [0.15, 0.2) is 0 Å². The zero-order chi connectivity index (χ0) is 24.3. The average molecular weight is 476 g/mol. The minimum Gasteiger partial charge on any atom is -0.353 e. The third kappa shape index (κ3) is 4.82. The van der Waals surface area contributed by atoms with Gasteiger partial charge in [-0.25, -0.2) is 4.79 Å². The zero-order valence-electron chi connectivity index (χ0n) is 20.8. The first kappa shape index (κ1) is 25.0. The molecule has 4 rings (SSSR count). The van der Waals surface area contributed by atoms with Crippen molar-refractivity contribution in [3.05, 3.63) is 0 Å². The molecule has 1 saturated heterocycles. The number of carbonyl (C=O) groups excluding carboxylic acids is 4. The van der Waals surface area contributed by atoms with Crippen molar-refractivity contribution in [1.29, 1.82) is 0 Å². The van der Waals surface area contributed by atoms with Gasteiger partial charge in [-0.3, -0.25) is 14.4 Å². The maximum atomic E-state index is 13.7. The summed E-state index contributed by atoms with van der Waals surface area (Å²) in [6.45, 7) is 3.27. The summed E-state index contributed by atoms with van der Waals surface area (Å²) in [5, 5.41) is 7.29. The van der Waals surface area contributed by atoms with Crippen LogP contribution in [-0.4, -0.2) is 46.4 Å². The zero-order valence-corrected chi connectivity index (χ0v) is 20.8. The lowest BCUT2D eigenvalue weighted by Gasteiger charge is -2.41. The largest absolute Gasteiger partial charge is 0.353 e. The van der Waals surface area contributed by atoms with Gasteiger partial charge in [-0.05, 0) is 52.4 Å². The Labute approximate surface area is 202 Å². The average Bonchev–Trinajstić information content (AvgIpc) is 3.15. The van der Waals surface area contributed by atoms with Crippen LogP contribution in [0.25, 0.3) is 0 Å². The maximum Gasteiger partial charge on any atom is 0.346 e. The van der Waals surface area contributed by atoms with E-state index < -0.39 is 28.7 Å². The Balaban J connectivity index is 1.52. The summed E-state index contributed by atoms with van der Waals surface area (Å²) in [5.74, 6) is -3.07. The number of rotatable bonds is 6. The van der Waals surface area contributed by atoms with Gasteiger partial charge in [-0.15, -0.1) is 0 Å². The molecule has 0 aromatic carbocycles. The Hall–Kier alpha value is -2.12.